The standard InChI is InChI=1S/C22H21ClN4O2S2/c1-3-19(28)25-14-8-7-13(12-16(14)29-2)27-21(17-9-10-18(23)31-17)20(26-22(27)30)15-6-4-5-11-24-15/h4-12,20-21H,3H2,1-2H3,(H,25,28)(H,26,30)/t20-,21+/m0/s1. The maximum absolute atomic E-state index is 11.9. The molecule has 1 aromatic carbocycles. The number of thiocarbonyl (C=S) groups is 1. The molecule has 9 heteroatoms. The van der Waals surface area contributed by atoms with Crippen molar-refractivity contribution in [2.75, 3.05) is 17.3 Å². The molecule has 0 bridgehead atoms. The summed E-state index contributed by atoms with van der Waals surface area (Å²) in [7, 11) is 1.58. The molecule has 2 atom stereocenters. The molecule has 1 saturated heterocycles. The molecule has 160 valence electrons. The second-order valence-electron chi connectivity index (χ2n) is 6.92. The fourth-order valence-corrected chi connectivity index (χ4v) is 5.12. The molecule has 1 fully saturated rings. The van der Waals surface area contributed by atoms with Crippen LogP contribution in [0.3, 0.4) is 0 Å². The highest BCUT2D eigenvalue weighted by atomic mass is 35.5. The highest BCUT2D eigenvalue weighted by molar-refractivity contribution is 7.80. The molecule has 0 radical (unpaired) electrons. The smallest absolute Gasteiger partial charge is 0.224 e. The number of ether oxygens (including phenoxy) is 1. The van der Waals surface area contributed by atoms with E-state index in [1.54, 1.807) is 20.2 Å². The van der Waals surface area contributed by atoms with Crippen molar-refractivity contribution in [3.05, 3.63) is 69.6 Å². The number of carbonyl (C=O) groups is 1. The molecule has 2 N–H and O–H groups in total. The molecule has 1 aliphatic rings. The Hall–Kier alpha value is -2.68. The number of methoxy groups -OCH3 is 1. The van der Waals surface area contributed by atoms with Gasteiger partial charge in [0, 0.05) is 29.2 Å². The van der Waals surface area contributed by atoms with Crippen LogP contribution in [0.2, 0.25) is 4.34 Å². The Labute approximate surface area is 195 Å². The van der Waals surface area contributed by atoms with Crippen LogP contribution in [0.25, 0.3) is 0 Å². The van der Waals surface area contributed by atoms with E-state index < -0.39 is 0 Å². The molecule has 0 saturated carbocycles. The minimum absolute atomic E-state index is 0.0780. The van der Waals surface area contributed by atoms with Gasteiger partial charge in [-0.1, -0.05) is 24.6 Å². The van der Waals surface area contributed by atoms with Crippen LogP contribution in [0.5, 0.6) is 5.75 Å². The number of hydrogen-bond donors (Lipinski definition) is 2. The Bertz CT molecular complexity index is 1110. The number of halogens is 1. The van der Waals surface area contributed by atoms with Crippen LogP contribution >= 0.6 is 35.2 Å². The Morgan fingerprint density at radius 2 is 2.16 bits per heavy atom. The van der Waals surface area contributed by atoms with Crippen molar-refractivity contribution in [3.63, 3.8) is 0 Å². The van der Waals surface area contributed by atoms with Crippen molar-refractivity contribution in [3.8, 4) is 5.75 Å². The maximum Gasteiger partial charge on any atom is 0.224 e. The summed E-state index contributed by atoms with van der Waals surface area (Å²) in [6, 6.07) is 15.1. The first-order chi connectivity index (χ1) is 15.0. The van der Waals surface area contributed by atoms with Crippen molar-refractivity contribution >= 4 is 57.5 Å². The van der Waals surface area contributed by atoms with Crippen molar-refractivity contribution in [1.82, 2.24) is 10.3 Å². The zero-order valence-corrected chi connectivity index (χ0v) is 19.4. The summed E-state index contributed by atoms with van der Waals surface area (Å²) in [5.74, 6) is 0.483. The largest absolute Gasteiger partial charge is 0.494 e. The van der Waals surface area contributed by atoms with Gasteiger partial charge in [0.05, 0.1) is 34.9 Å². The highest BCUT2D eigenvalue weighted by Gasteiger charge is 2.41. The molecule has 2 aromatic heterocycles. The zero-order chi connectivity index (χ0) is 22.0. The highest BCUT2D eigenvalue weighted by Crippen LogP contribution is 2.45. The quantitative estimate of drug-likeness (QED) is 0.472. The first-order valence-electron chi connectivity index (χ1n) is 9.75. The van der Waals surface area contributed by atoms with E-state index in [0.717, 1.165) is 16.3 Å². The maximum atomic E-state index is 11.9. The molecule has 4 rings (SSSR count). The van der Waals surface area contributed by atoms with Crippen molar-refractivity contribution < 1.29 is 9.53 Å². The number of nitrogens with zero attached hydrogens (tertiary/aromatic N) is 2. The van der Waals surface area contributed by atoms with Gasteiger partial charge in [-0.05, 0) is 48.6 Å². The van der Waals surface area contributed by atoms with Crippen LogP contribution in [-0.4, -0.2) is 23.1 Å². The van der Waals surface area contributed by atoms with Gasteiger partial charge in [0.25, 0.3) is 0 Å². The minimum Gasteiger partial charge on any atom is -0.494 e. The summed E-state index contributed by atoms with van der Waals surface area (Å²) in [6.45, 7) is 1.80. The number of amides is 1. The summed E-state index contributed by atoms with van der Waals surface area (Å²) in [6.07, 6.45) is 2.16. The summed E-state index contributed by atoms with van der Waals surface area (Å²) in [5.41, 5.74) is 2.35. The lowest BCUT2D eigenvalue weighted by atomic mass is 10.0. The number of carbonyl (C=O) groups excluding carboxylic acids is 1. The van der Waals surface area contributed by atoms with Crippen LogP contribution in [0.1, 0.15) is 36.0 Å². The fourth-order valence-electron chi connectivity index (χ4n) is 3.58. The van der Waals surface area contributed by atoms with E-state index in [9.17, 15) is 4.79 Å². The SMILES string of the molecule is CCC(=O)Nc1ccc(N2C(=S)N[C@@H](c3ccccn3)[C@H]2c2ccc(Cl)s2)cc1OC. The van der Waals surface area contributed by atoms with Crippen LogP contribution in [0, 0.1) is 0 Å². The average Bonchev–Trinajstić information content (AvgIpc) is 3.37. The number of pyridine rings is 1. The lowest BCUT2D eigenvalue weighted by molar-refractivity contribution is -0.115. The Morgan fingerprint density at radius 3 is 2.81 bits per heavy atom. The molecule has 31 heavy (non-hydrogen) atoms. The first kappa shape index (κ1) is 21.5. The molecule has 0 aliphatic carbocycles. The second-order valence-corrected chi connectivity index (χ2v) is 9.06. The molecular formula is C22H21ClN4O2S2. The van der Waals surface area contributed by atoms with Gasteiger partial charge >= 0.3 is 0 Å². The lowest BCUT2D eigenvalue weighted by Crippen LogP contribution is -2.29. The van der Waals surface area contributed by atoms with Gasteiger partial charge in [-0.15, -0.1) is 11.3 Å². The fraction of sp³-hybridized carbons (Fsp3) is 0.227. The van der Waals surface area contributed by atoms with E-state index in [2.05, 4.69) is 15.6 Å². The van der Waals surface area contributed by atoms with Crippen LogP contribution in [0.4, 0.5) is 11.4 Å². The van der Waals surface area contributed by atoms with E-state index in [1.807, 2.05) is 53.4 Å². The zero-order valence-electron chi connectivity index (χ0n) is 17.0. The number of nitrogens with one attached hydrogen (secondary N) is 2. The molecule has 1 amide bonds. The predicted octanol–water partition coefficient (Wildman–Crippen LogP) is 5.33. The van der Waals surface area contributed by atoms with E-state index in [4.69, 9.17) is 28.6 Å². The Morgan fingerprint density at radius 1 is 1.32 bits per heavy atom. The summed E-state index contributed by atoms with van der Waals surface area (Å²) in [4.78, 5) is 19.5. The number of hydrogen-bond acceptors (Lipinski definition) is 5. The number of benzene rings is 1. The van der Waals surface area contributed by atoms with E-state index >= 15 is 0 Å². The van der Waals surface area contributed by atoms with Gasteiger partial charge in [0.1, 0.15) is 5.75 Å². The van der Waals surface area contributed by atoms with Gasteiger partial charge in [0.2, 0.25) is 5.91 Å². The molecule has 3 aromatic rings. The lowest BCUT2D eigenvalue weighted by Gasteiger charge is -2.27. The van der Waals surface area contributed by atoms with Crippen molar-refractivity contribution in [1.29, 1.82) is 0 Å². The summed E-state index contributed by atoms with van der Waals surface area (Å²) in [5, 5.41) is 6.86. The number of thiophene rings is 1. The third-order valence-corrected chi connectivity index (χ3v) is 6.66. The molecule has 3 heterocycles. The van der Waals surface area contributed by atoms with Crippen LogP contribution in [-0.2, 0) is 4.79 Å². The molecule has 6 nitrogen and oxygen atoms in total. The van der Waals surface area contributed by atoms with Gasteiger partial charge in [-0.3, -0.25) is 9.78 Å². The second kappa shape index (κ2) is 9.21. The number of aromatic nitrogens is 1. The minimum atomic E-state index is -0.145. The average molecular weight is 473 g/mol. The van der Waals surface area contributed by atoms with Crippen LogP contribution in [0.15, 0.2) is 54.7 Å². The number of rotatable bonds is 6. The Kier molecular flexibility index (Phi) is 6.41. The van der Waals surface area contributed by atoms with Gasteiger partial charge < -0.3 is 20.3 Å². The predicted molar refractivity (Wildman–Crippen MR) is 129 cm³/mol. The topological polar surface area (TPSA) is 66.5 Å². The first-order valence-corrected chi connectivity index (χ1v) is 11.4. The van der Waals surface area contributed by atoms with Crippen molar-refractivity contribution in [2.24, 2.45) is 0 Å². The Balaban J connectivity index is 1.76. The van der Waals surface area contributed by atoms with Crippen molar-refractivity contribution in [2.45, 2.75) is 25.4 Å². The van der Waals surface area contributed by atoms with Gasteiger partial charge in [-0.25, -0.2) is 0 Å². The molecule has 0 spiro atoms. The van der Waals surface area contributed by atoms with Gasteiger partial charge in [-0.2, -0.15) is 0 Å². The van der Waals surface area contributed by atoms with Crippen LogP contribution < -0.4 is 20.3 Å². The normalized spacial score (nSPS) is 18.0. The number of anilines is 2. The molecule has 0 unspecified atom stereocenters. The van der Waals surface area contributed by atoms with Gasteiger partial charge in [0.15, 0.2) is 5.11 Å². The monoisotopic (exact) mass is 472 g/mol. The molecule has 1 aliphatic heterocycles. The third kappa shape index (κ3) is 4.37. The summed E-state index contributed by atoms with van der Waals surface area (Å²) < 4.78 is 6.26. The third-order valence-electron chi connectivity index (χ3n) is 5.04. The van der Waals surface area contributed by atoms with E-state index in [1.165, 1.54) is 11.3 Å². The summed E-state index contributed by atoms with van der Waals surface area (Å²) >= 11 is 13.5. The molecular weight excluding hydrogens is 452 g/mol. The van der Waals surface area contributed by atoms with E-state index in [0.29, 0.717) is 27.3 Å². The van der Waals surface area contributed by atoms with E-state index in [-0.39, 0.29) is 18.0 Å².